The van der Waals surface area contributed by atoms with Crippen LogP contribution in [0.1, 0.15) is 26.3 Å². The van der Waals surface area contributed by atoms with Crippen molar-refractivity contribution in [3.63, 3.8) is 0 Å². The number of nitrogens with zero attached hydrogens (tertiary/aromatic N) is 3. The molecule has 0 bridgehead atoms. The molecule has 2 aromatic rings. The van der Waals surface area contributed by atoms with Gasteiger partial charge in [-0.25, -0.2) is 4.98 Å². The molecular formula is C21H23N5O3. The number of primary amides is 1. The number of carbonyl (C=O) groups excluding carboxylic acids is 3. The second kappa shape index (κ2) is 9.01. The van der Waals surface area contributed by atoms with Gasteiger partial charge in [-0.2, -0.15) is 0 Å². The van der Waals surface area contributed by atoms with E-state index in [2.05, 4.69) is 16.9 Å². The molecule has 0 unspecified atom stereocenters. The van der Waals surface area contributed by atoms with E-state index in [1.54, 1.807) is 35.4 Å². The Morgan fingerprint density at radius 3 is 2.41 bits per heavy atom. The number of rotatable bonds is 6. The van der Waals surface area contributed by atoms with Gasteiger partial charge >= 0.3 is 0 Å². The first kappa shape index (κ1) is 20.1. The maximum atomic E-state index is 12.8. The summed E-state index contributed by atoms with van der Waals surface area (Å²) in [6, 6.07) is 10.5. The minimum Gasteiger partial charge on any atom is -0.365 e. The average molecular weight is 393 g/mol. The molecule has 8 nitrogen and oxygen atoms in total. The predicted molar refractivity (Wildman–Crippen MR) is 109 cm³/mol. The number of nitrogens with one attached hydrogen (secondary N) is 1. The predicted octanol–water partition coefficient (Wildman–Crippen LogP) is 0.945. The molecule has 0 radical (unpaired) electrons. The summed E-state index contributed by atoms with van der Waals surface area (Å²) in [5, 5.41) is 2.70. The Morgan fingerprint density at radius 1 is 1.10 bits per heavy atom. The minimum absolute atomic E-state index is 0.0533. The van der Waals surface area contributed by atoms with E-state index >= 15 is 0 Å². The number of carbonyl (C=O) groups is 3. The van der Waals surface area contributed by atoms with Crippen molar-refractivity contribution in [3.8, 4) is 0 Å². The van der Waals surface area contributed by atoms with Gasteiger partial charge in [0, 0.05) is 44.5 Å². The average Bonchev–Trinajstić information content (AvgIpc) is 2.77. The lowest BCUT2D eigenvalue weighted by molar-refractivity contribution is -0.116. The highest BCUT2D eigenvalue weighted by Gasteiger charge is 2.25. The third-order valence-corrected chi connectivity index (χ3v) is 4.77. The standard InChI is InChI=1S/C21H23N5O3/c1-2-18(27)24-14-15-5-7-16(8-6-15)21(29)26-12-10-25(11-13-26)20-17(19(22)28)4-3-9-23-20/h2-9H,1,10-14H2,(H2,22,28)(H,24,27). The Bertz CT molecular complexity index is 918. The summed E-state index contributed by atoms with van der Waals surface area (Å²) in [7, 11) is 0. The lowest BCUT2D eigenvalue weighted by atomic mass is 10.1. The summed E-state index contributed by atoms with van der Waals surface area (Å²) in [6.45, 7) is 5.95. The van der Waals surface area contributed by atoms with Crippen molar-refractivity contribution in [2.24, 2.45) is 5.73 Å². The summed E-state index contributed by atoms with van der Waals surface area (Å²) in [5.74, 6) is -0.258. The maximum absolute atomic E-state index is 12.8. The number of nitrogens with two attached hydrogens (primary N) is 1. The quantitative estimate of drug-likeness (QED) is 0.710. The molecule has 1 saturated heterocycles. The highest BCUT2D eigenvalue weighted by atomic mass is 16.2. The molecule has 0 atom stereocenters. The van der Waals surface area contributed by atoms with Gasteiger partial charge in [-0.1, -0.05) is 18.7 Å². The van der Waals surface area contributed by atoms with Crippen LogP contribution >= 0.6 is 0 Å². The number of pyridine rings is 1. The molecule has 1 aliphatic heterocycles. The van der Waals surface area contributed by atoms with Crippen LogP contribution in [0, 0.1) is 0 Å². The molecule has 1 aromatic carbocycles. The number of hydrogen-bond donors (Lipinski definition) is 2. The van der Waals surface area contributed by atoms with Gasteiger partial charge in [0.25, 0.3) is 11.8 Å². The second-order valence-corrected chi connectivity index (χ2v) is 6.64. The number of amides is 3. The van der Waals surface area contributed by atoms with E-state index in [-0.39, 0.29) is 11.8 Å². The van der Waals surface area contributed by atoms with E-state index in [0.717, 1.165) is 5.56 Å². The molecule has 2 heterocycles. The molecule has 0 saturated carbocycles. The van der Waals surface area contributed by atoms with E-state index in [4.69, 9.17) is 5.73 Å². The number of piperazine rings is 1. The summed E-state index contributed by atoms with van der Waals surface area (Å²) < 4.78 is 0. The van der Waals surface area contributed by atoms with Gasteiger partial charge in [0.1, 0.15) is 5.82 Å². The van der Waals surface area contributed by atoms with Crippen molar-refractivity contribution < 1.29 is 14.4 Å². The summed E-state index contributed by atoms with van der Waals surface area (Å²) in [5.41, 5.74) is 7.30. The van der Waals surface area contributed by atoms with Gasteiger partial charge < -0.3 is 20.9 Å². The van der Waals surface area contributed by atoms with Crippen LogP contribution in [0.15, 0.2) is 55.3 Å². The molecule has 1 fully saturated rings. The van der Waals surface area contributed by atoms with E-state index in [0.29, 0.717) is 49.7 Å². The van der Waals surface area contributed by atoms with Crippen molar-refractivity contribution in [3.05, 3.63) is 71.9 Å². The highest BCUT2D eigenvalue weighted by Crippen LogP contribution is 2.19. The van der Waals surface area contributed by atoms with Crippen molar-refractivity contribution >= 4 is 23.5 Å². The Kier molecular flexibility index (Phi) is 6.23. The Balaban J connectivity index is 1.60. The minimum atomic E-state index is -0.518. The van der Waals surface area contributed by atoms with Crippen molar-refractivity contribution in [1.82, 2.24) is 15.2 Å². The third kappa shape index (κ3) is 4.78. The number of benzene rings is 1. The molecule has 1 aromatic heterocycles. The number of hydrogen-bond acceptors (Lipinski definition) is 5. The van der Waals surface area contributed by atoms with Gasteiger partial charge in [-0.15, -0.1) is 0 Å². The van der Waals surface area contributed by atoms with Crippen LogP contribution in [0.2, 0.25) is 0 Å². The molecule has 3 N–H and O–H groups in total. The first-order valence-corrected chi connectivity index (χ1v) is 9.28. The fourth-order valence-corrected chi connectivity index (χ4v) is 3.17. The van der Waals surface area contributed by atoms with Crippen LogP contribution in [0.5, 0.6) is 0 Å². The number of anilines is 1. The Morgan fingerprint density at radius 2 is 1.79 bits per heavy atom. The normalized spacial score (nSPS) is 13.7. The Labute approximate surface area is 169 Å². The second-order valence-electron chi connectivity index (χ2n) is 6.64. The van der Waals surface area contributed by atoms with Crippen LogP contribution in [0.4, 0.5) is 5.82 Å². The molecule has 0 aliphatic carbocycles. The van der Waals surface area contributed by atoms with Crippen LogP contribution in [-0.4, -0.2) is 53.8 Å². The smallest absolute Gasteiger partial charge is 0.253 e. The highest BCUT2D eigenvalue weighted by molar-refractivity contribution is 5.98. The first-order chi connectivity index (χ1) is 14.0. The molecule has 1 aliphatic rings. The topological polar surface area (TPSA) is 109 Å². The maximum Gasteiger partial charge on any atom is 0.253 e. The molecule has 29 heavy (non-hydrogen) atoms. The SMILES string of the molecule is C=CC(=O)NCc1ccc(C(=O)N2CCN(c3ncccc3C(N)=O)CC2)cc1. The van der Waals surface area contributed by atoms with Crippen LogP contribution in [-0.2, 0) is 11.3 Å². The first-order valence-electron chi connectivity index (χ1n) is 9.28. The monoisotopic (exact) mass is 393 g/mol. The Hall–Kier alpha value is -3.68. The molecule has 8 heteroatoms. The van der Waals surface area contributed by atoms with Crippen LogP contribution in [0.3, 0.4) is 0 Å². The lowest BCUT2D eigenvalue weighted by Gasteiger charge is -2.36. The zero-order valence-corrected chi connectivity index (χ0v) is 16.0. The molecule has 3 amide bonds. The largest absolute Gasteiger partial charge is 0.365 e. The summed E-state index contributed by atoms with van der Waals surface area (Å²) in [6.07, 6.45) is 2.84. The zero-order chi connectivity index (χ0) is 20.8. The fourth-order valence-electron chi connectivity index (χ4n) is 3.17. The van der Waals surface area contributed by atoms with Gasteiger partial charge in [0.2, 0.25) is 5.91 Å². The van der Waals surface area contributed by atoms with Gasteiger partial charge in [0.05, 0.1) is 5.56 Å². The summed E-state index contributed by atoms with van der Waals surface area (Å²) in [4.78, 5) is 43.6. The third-order valence-electron chi connectivity index (χ3n) is 4.77. The molecule has 3 rings (SSSR count). The van der Waals surface area contributed by atoms with Gasteiger partial charge in [0.15, 0.2) is 0 Å². The van der Waals surface area contributed by atoms with Gasteiger partial charge in [-0.05, 0) is 35.9 Å². The molecular weight excluding hydrogens is 370 g/mol. The van der Waals surface area contributed by atoms with Crippen LogP contribution < -0.4 is 16.0 Å². The van der Waals surface area contributed by atoms with Crippen LogP contribution in [0.25, 0.3) is 0 Å². The zero-order valence-electron chi connectivity index (χ0n) is 16.0. The fraction of sp³-hybridized carbons (Fsp3) is 0.238. The van der Waals surface area contributed by atoms with Crippen molar-refractivity contribution in [2.75, 3.05) is 31.1 Å². The van der Waals surface area contributed by atoms with Crippen molar-refractivity contribution in [1.29, 1.82) is 0 Å². The summed E-state index contributed by atoms with van der Waals surface area (Å²) >= 11 is 0. The van der Waals surface area contributed by atoms with E-state index < -0.39 is 5.91 Å². The van der Waals surface area contributed by atoms with Gasteiger partial charge in [-0.3, -0.25) is 14.4 Å². The van der Waals surface area contributed by atoms with Crippen molar-refractivity contribution in [2.45, 2.75) is 6.54 Å². The molecule has 0 spiro atoms. The lowest BCUT2D eigenvalue weighted by Crippen LogP contribution is -2.49. The van der Waals surface area contributed by atoms with E-state index in [1.165, 1.54) is 6.08 Å². The molecule has 150 valence electrons. The van der Waals surface area contributed by atoms with E-state index in [9.17, 15) is 14.4 Å². The van der Waals surface area contributed by atoms with E-state index in [1.807, 2.05) is 17.0 Å². The number of aromatic nitrogens is 1.